The number of benzene rings is 1. The van der Waals surface area contributed by atoms with Crippen molar-refractivity contribution in [2.45, 2.75) is 64.0 Å². The lowest BCUT2D eigenvalue weighted by molar-refractivity contribution is -0.147. The van der Waals surface area contributed by atoms with Crippen LogP contribution in [0.4, 0.5) is 5.69 Å². The molecule has 6 nitrogen and oxygen atoms in total. The molecule has 4 fully saturated rings. The fourth-order valence-electron chi connectivity index (χ4n) is 6.01. The Kier molecular flexibility index (Phi) is 3.39. The average Bonchev–Trinajstić information content (AvgIpc) is 3.14. The molecule has 2 amide bonds. The second-order valence-corrected chi connectivity index (χ2v) is 8.82. The highest BCUT2D eigenvalue weighted by molar-refractivity contribution is 6.00. The molecule has 4 saturated heterocycles. The van der Waals surface area contributed by atoms with Crippen molar-refractivity contribution in [2.75, 3.05) is 11.5 Å². The summed E-state index contributed by atoms with van der Waals surface area (Å²) in [6.07, 6.45) is 1.04. The van der Waals surface area contributed by atoms with E-state index in [0.717, 1.165) is 11.3 Å². The molecule has 1 aromatic rings. The third-order valence-electron chi connectivity index (χ3n) is 7.20. The van der Waals surface area contributed by atoms with Gasteiger partial charge in [-0.25, -0.2) is 0 Å². The quantitative estimate of drug-likeness (QED) is 0.865. The number of anilines is 1. The number of carbonyl (C=O) groups is 2. The van der Waals surface area contributed by atoms with Crippen LogP contribution < -0.4 is 10.2 Å². The van der Waals surface area contributed by atoms with E-state index in [1.807, 2.05) is 17.9 Å². The van der Waals surface area contributed by atoms with Gasteiger partial charge in [0.05, 0.1) is 35.7 Å². The fraction of sp³-hybridized carbons (Fsp3) is 0.619. The van der Waals surface area contributed by atoms with Crippen LogP contribution in [0, 0.1) is 25.7 Å². The molecule has 0 saturated carbocycles. The molecular formula is C21H26N2O4. The van der Waals surface area contributed by atoms with Crippen LogP contribution in [-0.2, 0) is 19.1 Å². The third-order valence-corrected chi connectivity index (χ3v) is 7.20. The summed E-state index contributed by atoms with van der Waals surface area (Å²) in [6, 6.07) is 6.05. The Hall–Kier alpha value is -1.92. The van der Waals surface area contributed by atoms with E-state index < -0.39 is 11.2 Å². The van der Waals surface area contributed by atoms with Gasteiger partial charge < -0.3 is 14.8 Å². The van der Waals surface area contributed by atoms with Crippen LogP contribution in [0.15, 0.2) is 18.2 Å². The number of fused-ring (bicyclic) bond motifs is 2. The first-order valence-electron chi connectivity index (χ1n) is 9.76. The second-order valence-electron chi connectivity index (χ2n) is 8.82. The predicted octanol–water partition coefficient (Wildman–Crippen LogP) is 2.06. The number of aryl methyl sites for hydroxylation is 2. The molecule has 0 aromatic heterocycles. The second kappa shape index (κ2) is 5.32. The fourth-order valence-corrected chi connectivity index (χ4v) is 6.01. The van der Waals surface area contributed by atoms with Crippen LogP contribution in [0.5, 0.6) is 0 Å². The number of ether oxygens (including phenoxy) is 2. The molecule has 27 heavy (non-hydrogen) atoms. The van der Waals surface area contributed by atoms with Gasteiger partial charge in [-0.1, -0.05) is 6.07 Å². The molecule has 1 aromatic carbocycles. The first kappa shape index (κ1) is 17.2. The van der Waals surface area contributed by atoms with Crippen LogP contribution in [0.25, 0.3) is 0 Å². The van der Waals surface area contributed by atoms with E-state index in [1.165, 1.54) is 5.56 Å². The molecule has 4 heterocycles. The number of nitrogens with zero attached hydrogens (tertiary/aromatic N) is 1. The van der Waals surface area contributed by atoms with Gasteiger partial charge in [0.25, 0.3) is 0 Å². The maximum atomic E-state index is 13.5. The zero-order chi connectivity index (χ0) is 19.1. The first-order chi connectivity index (χ1) is 12.8. The molecular weight excluding hydrogens is 344 g/mol. The summed E-state index contributed by atoms with van der Waals surface area (Å²) in [6.45, 7) is 8.22. The van der Waals surface area contributed by atoms with Crippen molar-refractivity contribution in [2.24, 2.45) is 11.8 Å². The molecule has 2 bridgehead atoms. The Morgan fingerprint density at radius 2 is 2.07 bits per heavy atom. The van der Waals surface area contributed by atoms with Crippen LogP contribution in [0.1, 0.15) is 37.8 Å². The SMILES string of the molecule is CC(=O)N[C@@H]1C[C@@]2(C)O[C@@]13CCO[C@H]1[C@@H]3[C@@H]2C(=O)N1c1ccc(C)c(C)c1. The summed E-state index contributed by atoms with van der Waals surface area (Å²) < 4.78 is 12.7. The normalized spacial score (nSPS) is 41.8. The molecule has 0 unspecified atom stereocenters. The number of nitrogens with one attached hydrogen (secondary N) is 1. The van der Waals surface area contributed by atoms with E-state index in [9.17, 15) is 9.59 Å². The molecule has 1 N–H and O–H groups in total. The van der Waals surface area contributed by atoms with E-state index in [0.29, 0.717) is 19.4 Å². The van der Waals surface area contributed by atoms with E-state index in [-0.39, 0.29) is 35.9 Å². The lowest BCUT2D eigenvalue weighted by Crippen LogP contribution is -2.61. The molecule has 0 aliphatic carbocycles. The van der Waals surface area contributed by atoms with Crippen molar-refractivity contribution in [3.8, 4) is 0 Å². The number of carbonyl (C=O) groups excluding carboxylic acids is 2. The van der Waals surface area contributed by atoms with Crippen molar-refractivity contribution in [3.63, 3.8) is 0 Å². The molecule has 4 aliphatic rings. The van der Waals surface area contributed by atoms with E-state index >= 15 is 0 Å². The van der Waals surface area contributed by atoms with E-state index in [2.05, 4.69) is 31.3 Å². The summed E-state index contributed by atoms with van der Waals surface area (Å²) in [5.74, 6) is -0.254. The molecule has 6 heteroatoms. The summed E-state index contributed by atoms with van der Waals surface area (Å²) >= 11 is 0. The van der Waals surface area contributed by atoms with Gasteiger partial charge in [-0.15, -0.1) is 0 Å². The average molecular weight is 370 g/mol. The van der Waals surface area contributed by atoms with Crippen molar-refractivity contribution >= 4 is 17.5 Å². The monoisotopic (exact) mass is 370 g/mol. The maximum absolute atomic E-state index is 13.5. The molecule has 4 aliphatic heterocycles. The minimum atomic E-state index is -0.560. The van der Waals surface area contributed by atoms with Crippen molar-refractivity contribution in [1.82, 2.24) is 5.32 Å². The lowest BCUT2D eigenvalue weighted by atomic mass is 9.64. The smallest absolute Gasteiger partial charge is 0.235 e. The van der Waals surface area contributed by atoms with Crippen molar-refractivity contribution < 1.29 is 19.1 Å². The minimum absolute atomic E-state index is 0.0518. The van der Waals surface area contributed by atoms with Gasteiger partial charge in [0.2, 0.25) is 11.8 Å². The number of amides is 2. The zero-order valence-electron chi connectivity index (χ0n) is 16.2. The zero-order valence-corrected chi connectivity index (χ0v) is 16.2. The van der Waals surface area contributed by atoms with Crippen LogP contribution in [0.2, 0.25) is 0 Å². The van der Waals surface area contributed by atoms with Gasteiger partial charge in [0, 0.05) is 19.0 Å². The van der Waals surface area contributed by atoms with E-state index in [1.54, 1.807) is 6.92 Å². The van der Waals surface area contributed by atoms with Crippen LogP contribution in [-0.4, -0.2) is 41.9 Å². The van der Waals surface area contributed by atoms with Crippen LogP contribution >= 0.6 is 0 Å². The third kappa shape index (κ3) is 2.08. The lowest BCUT2D eigenvalue weighted by Gasteiger charge is -2.45. The summed E-state index contributed by atoms with van der Waals surface area (Å²) in [5.41, 5.74) is 2.17. The van der Waals surface area contributed by atoms with Gasteiger partial charge in [-0.2, -0.15) is 0 Å². The maximum Gasteiger partial charge on any atom is 0.235 e. The molecule has 5 rings (SSSR count). The van der Waals surface area contributed by atoms with Crippen LogP contribution in [0.3, 0.4) is 0 Å². The number of hydrogen-bond donors (Lipinski definition) is 1. The minimum Gasteiger partial charge on any atom is -0.365 e. The van der Waals surface area contributed by atoms with Gasteiger partial charge in [0.1, 0.15) is 6.23 Å². The van der Waals surface area contributed by atoms with Crippen molar-refractivity contribution in [1.29, 1.82) is 0 Å². The summed E-state index contributed by atoms with van der Waals surface area (Å²) in [5, 5.41) is 3.09. The standard InChI is InChI=1S/C21H26N2O4/c1-11-5-6-14(9-12(11)2)23-18(25)16-17-19(23)26-8-7-21(17)15(22-13(3)24)10-20(16,4)27-21/h5-6,9,15-17,19H,7-8,10H2,1-4H3,(H,22,24)/t15-,16-,17+,19+,20-,21+/m1/s1. The topological polar surface area (TPSA) is 67.9 Å². The largest absolute Gasteiger partial charge is 0.365 e. The summed E-state index contributed by atoms with van der Waals surface area (Å²) in [7, 11) is 0. The first-order valence-corrected chi connectivity index (χ1v) is 9.76. The van der Waals surface area contributed by atoms with Gasteiger partial charge in [0.15, 0.2) is 0 Å². The molecule has 0 radical (unpaired) electrons. The van der Waals surface area contributed by atoms with Gasteiger partial charge in [-0.05, 0) is 50.5 Å². The number of rotatable bonds is 2. The predicted molar refractivity (Wildman–Crippen MR) is 99.2 cm³/mol. The Morgan fingerprint density at radius 3 is 2.78 bits per heavy atom. The molecule has 6 atom stereocenters. The van der Waals surface area contributed by atoms with Gasteiger partial charge in [-0.3, -0.25) is 14.5 Å². The van der Waals surface area contributed by atoms with Gasteiger partial charge >= 0.3 is 0 Å². The highest BCUT2D eigenvalue weighted by atomic mass is 16.6. The highest BCUT2D eigenvalue weighted by Gasteiger charge is 2.78. The van der Waals surface area contributed by atoms with E-state index in [4.69, 9.17) is 9.47 Å². The Balaban J connectivity index is 1.59. The molecule has 144 valence electrons. The Labute approximate surface area is 159 Å². The number of hydrogen-bond acceptors (Lipinski definition) is 4. The molecule has 1 spiro atoms. The highest BCUT2D eigenvalue weighted by Crippen LogP contribution is 2.65. The Bertz CT molecular complexity index is 855. The Morgan fingerprint density at radius 1 is 1.30 bits per heavy atom. The van der Waals surface area contributed by atoms with Crippen molar-refractivity contribution in [3.05, 3.63) is 29.3 Å². The summed E-state index contributed by atoms with van der Waals surface area (Å²) in [4.78, 5) is 27.1.